The Bertz CT molecular complexity index is 931. The summed E-state index contributed by atoms with van der Waals surface area (Å²) in [7, 11) is 0. The highest BCUT2D eigenvalue weighted by molar-refractivity contribution is 7.99. The van der Waals surface area contributed by atoms with Crippen molar-refractivity contribution >= 4 is 17.7 Å². The first-order valence-corrected chi connectivity index (χ1v) is 11.4. The minimum absolute atomic E-state index is 0.0701. The summed E-state index contributed by atoms with van der Waals surface area (Å²) in [5.41, 5.74) is 2.32. The van der Waals surface area contributed by atoms with Crippen molar-refractivity contribution in [3.8, 4) is 11.4 Å². The average Bonchev–Trinajstić information content (AvgIpc) is 3.27. The zero-order valence-electron chi connectivity index (χ0n) is 17.0. The van der Waals surface area contributed by atoms with E-state index in [1.807, 2.05) is 36.4 Å². The second-order valence-corrected chi connectivity index (χ2v) is 8.59. The Morgan fingerprint density at radius 3 is 2.70 bits per heavy atom. The molecule has 1 amide bonds. The molecule has 0 saturated carbocycles. The molecule has 6 nitrogen and oxygen atoms in total. The van der Waals surface area contributed by atoms with Crippen molar-refractivity contribution in [1.82, 2.24) is 25.4 Å². The van der Waals surface area contributed by atoms with Crippen LogP contribution in [-0.4, -0.2) is 51.4 Å². The van der Waals surface area contributed by atoms with Gasteiger partial charge in [0.05, 0.1) is 5.92 Å². The molecule has 0 radical (unpaired) electrons. The molecule has 0 spiro atoms. The van der Waals surface area contributed by atoms with Crippen LogP contribution < -0.4 is 5.32 Å². The number of hydrogen-bond acceptors (Lipinski definition) is 5. The summed E-state index contributed by atoms with van der Waals surface area (Å²) < 4.78 is 0. The number of benzene rings is 2. The molecule has 156 valence electrons. The fourth-order valence-electron chi connectivity index (χ4n) is 3.75. The first-order valence-electron chi connectivity index (χ1n) is 10.4. The third-order valence-electron chi connectivity index (χ3n) is 5.27. The molecule has 0 aliphatic carbocycles. The van der Waals surface area contributed by atoms with Gasteiger partial charge < -0.3 is 5.32 Å². The molecule has 1 saturated heterocycles. The molecule has 2 N–H and O–H groups in total. The smallest absolute Gasteiger partial charge is 0.224 e. The predicted molar refractivity (Wildman–Crippen MR) is 120 cm³/mol. The van der Waals surface area contributed by atoms with Gasteiger partial charge in [-0.05, 0) is 24.9 Å². The van der Waals surface area contributed by atoms with Crippen LogP contribution in [0, 0.1) is 5.92 Å². The summed E-state index contributed by atoms with van der Waals surface area (Å²) in [4.78, 5) is 19.5. The lowest BCUT2D eigenvalue weighted by Gasteiger charge is -2.32. The van der Waals surface area contributed by atoms with Crippen LogP contribution in [0.4, 0.5) is 0 Å². The van der Waals surface area contributed by atoms with Crippen LogP contribution in [0.1, 0.15) is 18.4 Å². The molecule has 2 heterocycles. The number of hydrogen-bond donors (Lipinski definition) is 2. The maximum Gasteiger partial charge on any atom is 0.224 e. The van der Waals surface area contributed by atoms with Gasteiger partial charge in [0.1, 0.15) is 0 Å². The highest BCUT2D eigenvalue weighted by atomic mass is 32.2. The molecule has 2 aromatic carbocycles. The van der Waals surface area contributed by atoms with E-state index in [-0.39, 0.29) is 11.8 Å². The highest BCUT2D eigenvalue weighted by Crippen LogP contribution is 2.20. The lowest BCUT2D eigenvalue weighted by Crippen LogP contribution is -2.43. The van der Waals surface area contributed by atoms with Gasteiger partial charge in [0.15, 0.2) is 5.82 Å². The van der Waals surface area contributed by atoms with Gasteiger partial charge >= 0.3 is 0 Å². The zero-order valence-corrected chi connectivity index (χ0v) is 17.8. The lowest BCUT2D eigenvalue weighted by atomic mass is 9.96. The number of nitrogens with one attached hydrogen (secondary N) is 2. The van der Waals surface area contributed by atoms with Gasteiger partial charge in [-0.3, -0.25) is 14.8 Å². The number of H-pyrrole nitrogens is 1. The van der Waals surface area contributed by atoms with E-state index >= 15 is 0 Å². The number of carbonyl (C=O) groups is 1. The van der Waals surface area contributed by atoms with Gasteiger partial charge in [-0.2, -0.15) is 0 Å². The van der Waals surface area contributed by atoms with Gasteiger partial charge in [-0.15, -0.1) is 5.10 Å². The highest BCUT2D eigenvalue weighted by Gasteiger charge is 2.25. The van der Waals surface area contributed by atoms with E-state index < -0.39 is 0 Å². The SMILES string of the molecule is O=C(NCCSc1n[nH]c(-c2ccccc2)n1)C1CCCN(Cc2ccccc2)C1. The summed E-state index contributed by atoms with van der Waals surface area (Å²) in [5, 5.41) is 11.0. The molecule has 0 bridgehead atoms. The average molecular weight is 422 g/mol. The van der Waals surface area contributed by atoms with Crippen molar-refractivity contribution in [2.45, 2.75) is 24.5 Å². The van der Waals surface area contributed by atoms with Crippen LogP contribution in [0.5, 0.6) is 0 Å². The van der Waals surface area contributed by atoms with Gasteiger partial charge in [-0.25, -0.2) is 4.98 Å². The van der Waals surface area contributed by atoms with Crippen molar-refractivity contribution < 1.29 is 4.79 Å². The van der Waals surface area contributed by atoms with Crippen LogP contribution in [-0.2, 0) is 11.3 Å². The molecule has 4 rings (SSSR count). The van der Waals surface area contributed by atoms with E-state index in [1.165, 1.54) is 5.56 Å². The first kappa shape index (κ1) is 20.6. The fourth-order valence-corrected chi connectivity index (χ4v) is 4.40. The number of likely N-dealkylation sites (tertiary alicyclic amines) is 1. The van der Waals surface area contributed by atoms with Crippen molar-refractivity contribution in [1.29, 1.82) is 0 Å². The maximum atomic E-state index is 12.6. The summed E-state index contributed by atoms with van der Waals surface area (Å²) >= 11 is 1.55. The van der Waals surface area contributed by atoms with E-state index in [2.05, 4.69) is 49.7 Å². The minimum Gasteiger partial charge on any atom is -0.355 e. The Morgan fingerprint density at radius 2 is 1.90 bits per heavy atom. The molecule has 30 heavy (non-hydrogen) atoms. The standard InChI is InChI=1S/C23H27N5OS/c29-22(20-12-7-14-28(17-20)16-18-8-3-1-4-9-18)24-13-15-30-23-25-21(26-27-23)19-10-5-2-6-11-19/h1-6,8-11,20H,7,12-17H2,(H,24,29)(H,25,26,27). The molecular weight excluding hydrogens is 394 g/mol. The molecule has 1 aromatic heterocycles. The number of aromatic amines is 1. The molecule has 1 aliphatic rings. The summed E-state index contributed by atoms with van der Waals surface area (Å²) in [5.74, 6) is 1.75. The van der Waals surface area contributed by atoms with Gasteiger partial charge in [0.2, 0.25) is 11.1 Å². The normalized spacial score (nSPS) is 17.0. The van der Waals surface area contributed by atoms with E-state index in [9.17, 15) is 4.79 Å². The number of carbonyl (C=O) groups excluding carboxylic acids is 1. The first-order chi connectivity index (χ1) is 14.8. The van der Waals surface area contributed by atoms with Crippen molar-refractivity contribution in [3.63, 3.8) is 0 Å². The molecule has 3 aromatic rings. The van der Waals surface area contributed by atoms with E-state index in [0.717, 1.165) is 49.6 Å². The van der Waals surface area contributed by atoms with Crippen LogP contribution in [0.3, 0.4) is 0 Å². The van der Waals surface area contributed by atoms with Crippen LogP contribution in [0.2, 0.25) is 0 Å². The number of amides is 1. The third-order valence-corrected chi connectivity index (χ3v) is 6.12. The number of nitrogens with zero attached hydrogens (tertiary/aromatic N) is 3. The molecule has 1 aliphatic heterocycles. The minimum atomic E-state index is 0.0701. The maximum absolute atomic E-state index is 12.6. The van der Waals surface area contributed by atoms with Crippen molar-refractivity contribution in [3.05, 3.63) is 66.2 Å². The van der Waals surface area contributed by atoms with Crippen LogP contribution in [0.15, 0.2) is 65.8 Å². The van der Waals surface area contributed by atoms with Crippen LogP contribution >= 0.6 is 11.8 Å². The van der Waals surface area contributed by atoms with Crippen LogP contribution in [0.25, 0.3) is 11.4 Å². The topological polar surface area (TPSA) is 73.9 Å². The fraction of sp³-hybridized carbons (Fsp3) is 0.348. The number of thioether (sulfide) groups is 1. The van der Waals surface area contributed by atoms with E-state index in [0.29, 0.717) is 11.7 Å². The second kappa shape index (κ2) is 10.4. The molecule has 1 atom stereocenters. The Hall–Kier alpha value is -2.64. The quantitative estimate of drug-likeness (QED) is 0.429. The summed E-state index contributed by atoms with van der Waals surface area (Å²) in [6.07, 6.45) is 2.03. The Morgan fingerprint density at radius 1 is 1.13 bits per heavy atom. The third kappa shape index (κ3) is 5.70. The molecule has 7 heteroatoms. The largest absolute Gasteiger partial charge is 0.355 e. The zero-order chi connectivity index (χ0) is 20.6. The Labute approximate surface area is 181 Å². The van der Waals surface area contributed by atoms with Gasteiger partial charge in [0, 0.05) is 31.0 Å². The predicted octanol–water partition coefficient (Wildman–Crippen LogP) is 3.59. The van der Waals surface area contributed by atoms with Gasteiger partial charge in [0.25, 0.3) is 0 Å². The Kier molecular flexibility index (Phi) is 7.16. The lowest BCUT2D eigenvalue weighted by molar-refractivity contribution is -0.126. The number of aromatic nitrogens is 3. The summed E-state index contributed by atoms with van der Waals surface area (Å²) in [6.45, 7) is 3.42. The van der Waals surface area contributed by atoms with E-state index in [1.54, 1.807) is 11.8 Å². The number of rotatable bonds is 8. The van der Waals surface area contributed by atoms with Gasteiger partial charge in [-0.1, -0.05) is 72.4 Å². The number of piperidine rings is 1. The second-order valence-electron chi connectivity index (χ2n) is 7.53. The van der Waals surface area contributed by atoms with E-state index in [4.69, 9.17) is 0 Å². The molecule has 1 fully saturated rings. The van der Waals surface area contributed by atoms with Crippen molar-refractivity contribution in [2.24, 2.45) is 5.92 Å². The monoisotopic (exact) mass is 421 g/mol. The molecule has 1 unspecified atom stereocenters. The summed E-state index contributed by atoms with van der Waals surface area (Å²) in [6, 6.07) is 20.4. The van der Waals surface area contributed by atoms with Crippen molar-refractivity contribution in [2.75, 3.05) is 25.4 Å². The Balaban J connectivity index is 1.19. The molecular formula is C23H27N5OS.